The van der Waals surface area contributed by atoms with Gasteiger partial charge in [0, 0.05) is 31.6 Å². The highest BCUT2D eigenvalue weighted by molar-refractivity contribution is 7.92. The van der Waals surface area contributed by atoms with Gasteiger partial charge in [0.05, 0.1) is 24.3 Å². The third kappa shape index (κ3) is 5.91. The molecular weight excluding hydrogens is 582 g/mol. The summed E-state index contributed by atoms with van der Waals surface area (Å²) in [5.74, 6) is -2.87. The molecule has 0 spiro atoms. The number of rotatable bonds is 9. The van der Waals surface area contributed by atoms with Gasteiger partial charge in [-0.3, -0.25) is 9.52 Å². The summed E-state index contributed by atoms with van der Waals surface area (Å²) in [5, 5.41) is 0. The van der Waals surface area contributed by atoms with Crippen molar-refractivity contribution >= 4 is 27.6 Å². The fraction of sp³-hybridized carbons (Fsp3) is 0.500. The SMILES string of the molecule is CCN1CCC(N(CCc2cc(F)ccc2S(=O)(=O)Nc2ccc3c(c2C(=O)OC)OCC2CC32)C(=O)C(F)(F)F)C1. The number of hydrogen-bond acceptors (Lipinski definition) is 7. The van der Waals surface area contributed by atoms with E-state index in [9.17, 15) is 35.6 Å². The first-order valence-electron chi connectivity index (χ1n) is 13.6. The minimum Gasteiger partial charge on any atom is -0.492 e. The molecule has 2 aromatic rings. The molecule has 3 unspecified atom stereocenters. The van der Waals surface area contributed by atoms with Crippen LogP contribution in [0, 0.1) is 11.7 Å². The van der Waals surface area contributed by atoms with Crippen LogP contribution in [0.5, 0.6) is 5.75 Å². The molecule has 42 heavy (non-hydrogen) atoms. The summed E-state index contributed by atoms with van der Waals surface area (Å²) in [6.07, 6.45) is -4.28. The summed E-state index contributed by atoms with van der Waals surface area (Å²) in [5.41, 5.74) is 0.438. The number of methoxy groups -OCH3 is 1. The van der Waals surface area contributed by atoms with Crippen LogP contribution in [-0.2, 0) is 26.0 Å². The maximum atomic E-state index is 14.3. The summed E-state index contributed by atoms with van der Waals surface area (Å²) in [6.45, 7) is 3.12. The summed E-state index contributed by atoms with van der Waals surface area (Å²) >= 11 is 0. The number of alkyl halides is 3. The highest BCUT2D eigenvalue weighted by Crippen LogP contribution is 2.55. The van der Waals surface area contributed by atoms with Crippen molar-refractivity contribution in [3.05, 3.63) is 52.8 Å². The third-order valence-corrected chi connectivity index (χ3v) is 9.62. The molecule has 0 radical (unpaired) electrons. The van der Waals surface area contributed by atoms with Gasteiger partial charge in [0.25, 0.3) is 10.0 Å². The number of amides is 1. The van der Waals surface area contributed by atoms with Crippen LogP contribution in [-0.4, -0.2) is 82.2 Å². The van der Waals surface area contributed by atoms with Crippen LogP contribution in [0.4, 0.5) is 23.2 Å². The molecule has 9 nitrogen and oxygen atoms in total. The number of sulfonamides is 1. The minimum absolute atomic E-state index is 0.101. The van der Waals surface area contributed by atoms with Gasteiger partial charge in [-0.25, -0.2) is 17.6 Å². The van der Waals surface area contributed by atoms with Gasteiger partial charge in [0.1, 0.15) is 17.1 Å². The first kappa shape index (κ1) is 30.1. The number of ether oxygens (including phenoxy) is 2. The molecule has 3 aliphatic rings. The van der Waals surface area contributed by atoms with Gasteiger partial charge < -0.3 is 19.3 Å². The van der Waals surface area contributed by atoms with Crippen molar-refractivity contribution in [2.45, 2.75) is 49.2 Å². The van der Waals surface area contributed by atoms with E-state index in [4.69, 9.17) is 9.47 Å². The molecule has 2 aliphatic heterocycles. The molecule has 5 rings (SSSR count). The number of carbonyl (C=O) groups is 2. The van der Waals surface area contributed by atoms with E-state index in [0.717, 1.165) is 37.3 Å². The van der Waals surface area contributed by atoms with E-state index in [1.807, 2.05) is 11.8 Å². The lowest BCUT2D eigenvalue weighted by Crippen LogP contribution is -2.49. The normalized spacial score (nSPS) is 21.6. The van der Waals surface area contributed by atoms with E-state index in [1.54, 1.807) is 6.07 Å². The summed E-state index contributed by atoms with van der Waals surface area (Å²) in [4.78, 5) is 27.3. The molecule has 2 fully saturated rings. The Morgan fingerprint density at radius 2 is 1.98 bits per heavy atom. The molecule has 0 aromatic heterocycles. The number of likely N-dealkylation sites (tertiary alicyclic amines) is 1. The van der Waals surface area contributed by atoms with Gasteiger partial charge >= 0.3 is 18.1 Å². The monoisotopic (exact) mass is 613 g/mol. The van der Waals surface area contributed by atoms with E-state index < -0.39 is 51.4 Å². The fourth-order valence-electron chi connectivity index (χ4n) is 5.85. The highest BCUT2D eigenvalue weighted by Gasteiger charge is 2.47. The summed E-state index contributed by atoms with van der Waals surface area (Å²) in [7, 11) is -3.35. The Hall–Kier alpha value is -3.39. The van der Waals surface area contributed by atoms with Crippen molar-refractivity contribution in [1.82, 2.24) is 9.80 Å². The Balaban J connectivity index is 1.44. The van der Waals surface area contributed by atoms with Crippen molar-refractivity contribution in [1.29, 1.82) is 0 Å². The van der Waals surface area contributed by atoms with E-state index >= 15 is 0 Å². The number of benzene rings is 2. The van der Waals surface area contributed by atoms with Crippen molar-refractivity contribution in [3.8, 4) is 5.75 Å². The molecule has 14 heteroatoms. The van der Waals surface area contributed by atoms with Crippen LogP contribution in [0.2, 0.25) is 0 Å². The standard InChI is InChI=1S/C28H31F4N3O6S/c1-3-34-10-9-19(14-34)35(27(37)28(30,31)32)11-8-16-12-18(29)4-7-23(16)42(38,39)33-22-6-5-20-21-13-17(21)15-41-25(20)24(22)26(36)40-2/h4-7,12,17,19,21,33H,3,8-11,13-15H2,1-2H3. The maximum Gasteiger partial charge on any atom is 0.471 e. The van der Waals surface area contributed by atoms with Crippen molar-refractivity contribution in [2.75, 3.05) is 44.6 Å². The molecule has 2 heterocycles. The first-order chi connectivity index (χ1) is 19.8. The zero-order valence-corrected chi connectivity index (χ0v) is 23.9. The lowest BCUT2D eigenvalue weighted by Gasteiger charge is -2.30. The largest absolute Gasteiger partial charge is 0.492 e. The van der Waals surface area contributed by atoms with Gasteiger partial charge in [-0.2, -0.15) is 13.2 Å². The fourth-order valence-corrected chi connectivity index (χ4v) is 7.17. The number of hydrogen-bond donors (Lipinski definition) is 1. The van der Waals surface area contributed by atoms with Crippen LogP contribution in [0.25, 0.3) is 0 Å². The predicted octanol–water partition coefficient (Wildman–Crippen LogP) is 3.94. The lowest BCUT2D eigenvalue weighted by molar-refractivity contribution is -0.187. The molecular formula is C28H31F4N3O6S. The number of esters is 1. The molecule has 2 aromatic carbocycles. The van der Waals surface area contributed by atoms with Crippen LogP contribution < -0.4 is 9.46 Å². The zero-order chi connectivity index (χ0) is 30.4. The Kier molecular flexibility index (Phi) is 8.14. The Labute approximate surface area is 240 Å². The van der Waals surface area contributed by atoms with Gasteiger partial charge in [-0.15, -0.1) is 0 Å². The van der Waals surface area contributed by atoms with Crippen LogP contribution in [0.15, 0.2) is 35.2 Å². The van der Waals surface area contributed by atoms with E-state index in [0.29, 0.717) is 36.9 Å². The average Bonchev–Trinajstić information content (AvgIpc) is 3.59. The number of nitrogens with one attached hydrogen (secondary N) is 1. The lowest BCUT2D eigenvalue weighted by atomic mass is 10.0. The number of likely N-dealkylation sites (N-methyl/N-ethyl adjacent to an activating group) is 1. The van der Waals surface area contributed by atoms with Crippen LogP contribution in [0.3, 0.4) is 0 Å². The molecule has 1 N–H and O–H groups in total. The molecule has 1 saturated carbocycles. The number of halogens is 4. The van der Waals surface area contributed by atoms with Gasteiger partial charge in [-0.1, -0.05) is 13.0 Å². The van der Waals surface area contributed by atoms with Crippen molar-refractivity contribution < 1.29 is 45.0 Å². The van der Waals surface area contributed by atoms with Gasteiger partial charge in [-0.05, 0) is 67.1 Å². The maximum absolute atomic E-state index is 14.3. The zero-order valence-electron chi connectivity index (χ0n) is 23.0. The number of anilines is 1. The van der Waals surface area contributed by atoms with Crippen LogP contribution >= 0.6 is 0 Å². The topological polar surface area (TPSA) is 105 Å². The van der Waals surface area contributed by atoms with Crippen LogP contribution in [0.1, 0.15) is 47.2 Å². The summed E-state index contributed by atoms with van der Waals surface area (Å²) in [6, 6.07) is 5.21. The Morgan fingerprint density at radius 3 is 2.64 bits per heavy atom. The van der Waals surface area contributed by atoms with E-state index in [-0.39, 0.29) is 41.4 Å². The van der Waals surface area contributed by atoms with E-state index in [1.165, 1.54) is 6.07 Å². The molecule has 1 saturated heterocycles. The quantitative estimate of drug-likeness (QED) is 0.338. The number of carbonyl (C=O) groups excluding carboxylic acids is 2. The molecule has 3 atom stereocenters. The molecule has 1 amide bonds. The Morgan fingerprint density at radius 1 is 1.21 bits per heavy atom. The smallest absolute Gasteiger partial charge is 0.471 e. The van der Waals surface area contributed by atoms with Gasteiger partial charge in [0.15, 0.2) is 0 Å². The molecule has 0 bridgehead atoms. The van der Waals surface area contributed by atoms with Gasteiger partial charge in [0.2, 0.25) is 0 Å². The third-order valence-electron chi connectivity index (χ3n) is 8.16. The predicted molar refractivity (Wildman–Crippen MR) is 143 cm³/mol. The number of nitrogens with zero attached hydrogens (tertiary/aromatic N) is 2. The Bertz CT molecular complexity index is 1500. The van der Waals surface area contributed by atoms with Crippen molar-refractivity contribution in [2.24, 2.45) is 5.92 Å². The average molecular weight is 614 g/mol. The highest BCUT2D eigenvalue weighted by atomic mass is 32.2. The van der Waals surface area contributed by atoms with E-state index in [2.05, 4.69) is 4.72 Å². The second-order valence-corrected chi connectivity index (χ2v) is 12.4. The minimum atomic E-state index is -5.13. The summed E-state index contributed by atoms with van der Waals surface area (Å²) < 4.78 is 95.1. The molecule has 1 aliphatic carbocycles. The second-order valence-electron chi connectivity index (χ2n) is 10.8. The number of fused-ring (bicyclic) bond motifs is 3. The second kappa shape index (κ2) is 11.4. The molecule has 228 valence electrons. The first-order valence-corrected chi connectivity index (χ1v) is 15.1. The van der Waals surface area contributed by atoms with Crippen molar-refractivity contribution in [3.63, 3.8) is 0 Å².